The molecule has 0 fully saturated rings. The maximum Gasteiger partial charge on any atom is 0.225 e. The highest BCUT2D eigenvalue weighted by Crippen LogP contribution is 2.26. The van der Waals surface area contributed by atoms with Crippen molar-refractivity contribution in [1.29, 1.82) is 0 Å². The van der Waals surface area contributed by atoms with E-state index in [0.717, 1.165) is 22.0 Å². The van der Waals surface area contributed by atoms with Crippen molar-refractivity contribution in [2.45, 2.75) is 13.8 Å². The summed E-state index contributed by atoms with van der Waals surface area (Å²) in [5.41, 5.74) is 7.95. The summed E-state index contributed by atoms with van der Waals surface area (Å²) in [6.45, 7) is 3.82. The zero-order valence-corrected chi connectivity index (χ0v) is 8.18. The minimum atomic E-state index is 0.362. The fraction of sp³-hybridized carbons (Fsp3) is 0.250. The smallest absolute Gasteiger partial charge is 0.225 e. The van der Waals surface area contributed by atoms with Gasteiger partial charge in [-0.3, -0.25) is 0 Å². The highest BCUT2D eigenvalue weighted by molar-refractivity contribution is 7.09. The molecule has 0 radical (unpaired) electrons. The Morgan fingerprint density at radius 2 is 2.23 bits per heavy atom. The molecule has 0 spiro atoms. The molecule has 13 heavy (non-hydrogen) atoms. The third-order valence-electron chi connectivity index (χ3n) is 1.82. The van der Waals surface area contributed by atoms with Gasteiger partial charge in [-0.1, -0.05) is 5.16 Å². The molecule has 0 aliphatic carbocycles. The van der Waals surface area contributed by atoms with Crippen molar-refractivity contribution in [3.63, 3.8) is 0 Å². The van der Waals surface area contributed by atoms with E-state index in [4.69, 9.17) is 10.3 Å². The number of nitrogens with zero attached hydrogens (tertiary/aromatic N) is 2. The predicted octanol–water partition coefficient (Wildman–Crippen LogP) is 2.00. The van der Waals surface area contributed by atoms with Gasteiger partial charge in [0.15, 0.2) is 0 Å². The van der Waals surface area contributed by atoms with Crippen molar-refractivity contribution < 1.29 is 4.52 Å². The van der Waals surface area contributed by atoms with E-state index >= 15 is 0 Å². The van der Waals surface area contributed by atoms with Crippen molar-refractivity contribution in [1.82, 2.24) is 10.1 Å². The minimum absolute atomic E-state index is 0.362. The van der Waals surface area contributed by atoms with Crippen LogP contribution in [-0.2, 0) is 0 Å². The van der Waals surface area contributed by atoms with E-state index in [9.17, 15) is 0 Å². The lowest BCUT2D eigenvalue weighted by Gasteiger charge is -1.88. The van der Waals surface area contributed by atoms with Crippen LogP contribution in [0.1, 0.15) is 10.6 Å². The molecule has 0 bridgehead atoms. The van der Waals surface area contributed by atoms with Gasteiger partial charge >= 0.3 is 0 Å². The second kappa shape index (κ2) is 2.85. The Morgan fingerprint density at radius 1 is 1.46 bits per heavy atom. The fourth-order valence-electron chi connectivity index (χ4n) is 1.06. The van der Waals surface area contributed by atoms with Crippen LogP contribution in [0.3, 0.4) is 0 Å². The summed E-state index contributed by atoms with van der Waals surface area (Å²) < 4.78 is 4.85. The summed E-state index contributed by atoms with van der Waals surface area (Å²) in [5, 5.41) is 6.80. The number of thiazole rings is 1. The normalized spacial score (nSPS) is 10.6. The molecular weight excluding hydrogens is 186 g/mol. The molecule has 68 valence electrons. The van der Waals surface area contributed by atoms with Crippen LogP contribution < -0.4 is 5.73 Å². The van der Waals surface area contributed by atoms with E-state index < -0.39 is 0 Å². The molecule has 0 atom stereocenters. The van der Waals surface area contributed by atoms with Crippen LogP contribution in [0.25, 0.3) is 11.4 Å². The number of hydrogen-bond acceptors (Lipinski definition) is 5. The first kappa shape index (κ1) is 8.25. The SMILES string of the molecule is Cc1nc(-c2noc(N)c2C)cs1. The standard InChI is InChI=1S/C8H9N3OS/c1-4-7(11-12-8(4)9)6-3-13-5(2)10-6/h3H,9H2,1-2H3. The van der Waals surface area contributed by atoms with Gasteiger partial charge in [-0.25, -0.2) is 4.98 Å². The number of hydrogen-bond donors (Lipinski definition) is 1. The molecule has 0 aromatic carbocycles. The number of rotatable bonds is 1. The second-order valence-electron chi connectivity index (χ2n) is 2.77. The van der Waals surface area contributed by atoms with Crippen molar-refractivity contribution in [3.05, 3.63) is 16.0 Å². The average Bonchev–Trinajstić information content (AvgIpc) is 2.62. The Kier molecular flexibility index (Phi) is 1.81. The number of aromatic nitrogens is 2. The predicted molar refractivity (Wildman–Crippen MR) is 51.5 cm³/mol. The van der Waals surface area contributed by atoms with E-state index in [1.54, 1.807) is 11.3 Å². The molecule has 2 rings (SSSR count). The van der Waals surface area contributed by atoms with Gasteiger partial charge in [0, 0.05) is 10.9 Å². The van der Waals surface area contributed by atoms with Gasteiger partial charge in [-0.15, -0.1) is 11.3 Å². The Hall–Kier alpha value is -1.36. The lowest BCUT2D eigenvalue weighted by molar-refractivity contribution is 0.438. The molecule has 2 N–H and O–H groups in total. The number of nitrogen functional groups attached to an aromatic ring is 1. The fourth-order valence-corrected chi connectivity index (χ4v) is 1.66. The quantitative estimate of drug-likeness (QED) is 0.755. The van der Waals surface area contributed by atoms with Crippen LogP contribution in [0.4, 0.5) is 5.88 Å². The summed E-state index contributed by atoms with van der Waals surface area (Å²) in [5.74, 6) is 0.362. The Balaban J connectivity index is 2.52. The highest BCUT2D eigenvalue weighted by Gasteiger charge is 2.12. The maximum atomic E-state index is 5.53. The molecule has 0 aliphatic rings. The summed E-state index contributed by atoms with van der Waals surface area (Å²) in [6.07, 6.45) is 0. The van der Waals surface area contributed by atoms with Gasteiger partial charge in [0.25, 0.3) is 0 Å². The molecule has 0 unspecified atom stereocenters. The summed E-state index contributed by atoms with van der Waals surface area (Å²) in [7, 11) is 0. The summed E-state index contributed by atoms with van der Waals surface area (Å²) >= 11 is 1.58. The topological polar surface area (TPSA) is 64.9 Å². The van der Waals surface area contributed by atoms with Gasteiger partial charge < -0.3 is 10.3 Å². The monoisotopic (exact) mass is 195 g/mol. The maximum absolute atomic E-state index is 5.53. The molecule has 0 amide bonds. The van der Waals surface area contributed by atoms with Gasteiger partial charge in [0.1, 0.15) is 11.4 Å². The number of aryl methyl sites for hydroxylation is 1. The second-order valence-corrected chi connectivity index (χ2v) is 3.83. The van der Waals surface area contributed by atoms with Crippen LogP contribution in [0.15, 0.2) is 9.90 Å². The van der Waals surface area contributed by atoms with Crippen LogP contribution in [0.5, 0.6) is 0 Å². The molecule has 0 aliphatic heterocycles. The molecule has 2 aromatic heterocycles. The minimum Gasteiger partial charge on any atom is -0.367 e. The van der Waals surface area contributed by atoms with E-state index in [1.165, 1.54) is 0 Å². The third kappa shape index (κ3) is 1.31. The van der Waals surface area contributed by atoms with E-state index in [-0.39, 0.29) is 0 Å². The van der Waals surface area contributed by atoms with Crippen molar-refractivity contribution in [3.8, 4) is 11.4 Å². The number of anilines is 1. The largest absolute Gasteiger partial charge is 0.367 e. The lowest BCUT2D eigenvalue weighted by Crippen LogP contribution is -1.85. The Bertz CT molecular complexity index is 432. The van der Waals surface area contributed by atoms with Gasteiger partial charge in [-0.05, 0) is 13.8 Å². The summed E-state index contributed by atoms with van der Waals surface area (Å²) in [4.78, 5) is 4.30. The molecule has 0 saturated carbocycles. The van der Waals surface area contributed by atoms with Crippen molar-refractivity contribution in [2.75, 3.05) is 5.73 Å². The van der Waals surface area contributed by atoms with Gasteiger partial charge in [0.05, 0.1) is 5.01 Å². The van der Waals surface area contributed by atoms with Gasteiger partial charge in [-0.2, -0.15) is 0 Å². The van der Waals surface area contributed by atoms with Crippen LogP contribution >= 0.6 is 11.3 Å². The molecule has 2 heterocycles. The van der Waals surface area contributed by atoms with Crippen LogP contribution in [-0.4, -0.2) is 10.1 Å². The van der Waals surface area contributed by atoms with E-state index in [0.29, 0.717) is 5.88 Å². The van der Waals surface area contributed by atoms with Crippen molar-refractivity contribution in [2.24, 2.45) is 0 Å². The van der Waals surface area contributed by atoms with Crippen LogP contribution in [0.2, 0.25) is 0 Å². The Morgan fingerprint density at radius 3 is 2.69 bits per heavy atom. The Labute approximate surface area is 79.4 Å². The zero-order chi connectivity index (χ0) is 9.42. The average molecular weight is 195 g/mol. The molecule has 5 heteroatoms. The summed E-state index contributed by atoms with van der Waals surface area (Å²) in [6, 6.07) is 0. The van der Waals surface area contributed by atoms with E-state index in [2.05, 4.69) is 10.1 Å². The lowest BCUT2D eigenvalue weighted by atomic mass is 10.2. The molecular formula is C8H9N3OS. The molecule has 4 nitrogen and oxygen atoms in total. The molecule has 2 aromatic rings. The van der Waals surface area contributed by atoms with E-state index in [1.807, 2.05) is 19.2 Å². The first-order valence-corrected chi connectivity index (χ1v) is 4.70. The molecule has 0 saturated heterocycles. The number of nitrogens with two attached hydrogens (primary N) is 1. The van der Waals surface area contributed by atoms with Crippen molar-refractivity contribution >= 4 is 17.2 Å². The first-order valence-electron chi connectivity index (χ1n) is 3.82. The highest BCUT2D eigenvalue weighted by atomic mass is 32.1. The zero-order valence-electron chi connectivity index (χ0n) is 7.37. The third-order valence-corrected chi connectivity index (χ3v) is 2.60. The van der Waals surface area contributed by atoms with Gasteiger partial charge in [0.2, 0.25) is 5.88 Å². The van der Waals surface area contributed by atoms with Crippen LogP contribution in [0, 0.1) is 13.8 Å². The first-order chi connectivity index (χ1) is 6.18.